The summed E-state index contributed by atoms with van der Waals surface area (Å²) in [6, 6.07) is 13.5. The summed E-state index contributed by atoms with van der Waals surface area (Å²) in [5, 5.41) is 3.79. The highest BCUT2D eigenvalue weighted by atomic mass is 35.5. The molecule has 0 spiro atoms. The predicted molar refractivity (Wildman–Crippen MR) is 119 cm³/mol. The molecule has 0 aromatic heterocycles. The van der Waals surface area contributed by atoms with E-state index in [9.17, 15) is 9.59 Å². The molecule has 30 heavy (non-hydrogen) atoms. The molecule has 1 aliphatic heterocycles. The van der Waals surface area contributed by atoms with Crippen molar-refractivity contribution in [1.29, 1.82) is 0 Å². The minimum Gasteiger partial charge on any atom is -0.484 e. The molecule has 5 nitrogen and oxygen atoms in total. The van der Waals surface area contributed by atoms with Gasteiger partial charge in [-0.1, -0.05) is 29.8 Å². The Hall–Kier alpha value is -2.53. The fraction of sp³-hybridized carbons (Fsp3) is 0.417. The number of carbonyl (C=O) groups is 2. The Balaban J connectivity index is 1.36. The maximum Gasteiger partial charge on any atom is 0.260 e. The zero-order valence-electron chi connectivity index (χ0n) is 17.6. The summed E-state index contributed by atoms with van der Waals surface area (Å²) in [6.45, 7) is 5.39. The van der Waals surface area contributed by atoms with E-state index in [0.29, 0.717) is 36.7 Å². The second-order valence-corrected chi connectivity index (χ2v) is 8.32. The number of halogens is 1. The van der Waals surface area contributed by atoms with Gasteiger partial charge in [-0.3, -0.25) is 9.59 Å². The van der Waals surface area contributed by atoms with Gasteiger partial charge >= 0.3 is 0 Å². The van der Waals surface area contributed by atoms with Crippen LogP contribution in [0.15, 0.2) is 42.5 Å². The first kappa shape index (κ1) is 22.2. The maximum absolute atomic E-state index is 12.4. The zero-order chi connectivity index (χ0) is 21.5. The molecule has 2 aromatic rings. The van der Waals surface area contributed by atoms with Crippen molar-refractivity contribution in [3.63, 3.8) is 0 Å². The van der Waals surface area contributed by atoms with E-state index >= 15 is 0 Å². The fourth-order valence-corrected chi connectivity index (χ4v) is 3.65. The van der Waals surface area contributed by atoms with Gasteiger partial charge in [0.2, 0.25) is 5.91 Å². The van der Waals surface area contributed by atoms with Crippen molar-refractivity contribution < 1.29 is 14.3 Å². The number of aryl methyl sites for hydroxylation is 3. The van der Waals surface area contributed by atoms with Crippen molar-refractivity contribution in [2.75, 3.05) is 19.7 Å². The van der Waals surface area contributed by atoms with Crippen LogP contribution in [0.25, 0.3) is 0 Å². The molecule has 0 unspecified atom stereocenters. The lowest BCUT2D eigenvalue weighted by atomic mass is 10.0. The first-order valence-electron chi connectivity index (χ1n) is 10.4. The summed E-state index contributed by atoms with van der Waals surface area (Å²) in [5.41, 5.74) is 3.44. The number of ether oxygens (including phenoxy) is 1. The van der Waals surface area contributed by atoms with Gasteiger partial charge in [-0.05, 0) is 74.1 Å². The molecule has 160 valence electrons. The third-order valence-corrected chi connectivity index (χ3v) is 5.86. The normalized spacial score (nSPS) is 14.4. The number of hydrogen-bond donors (Lipinski definition) is 1. The third kappa shape index (κ3) is 6.49. The van der Waals surface area contributed by atoms with Crippen LogP contribution in [-0.2, 0) is 16.0 Å². The SMILES string of the molecule is Cc1ccc(OCC(=O)N2CCC(NC(=O)CCc3ccc(Cl)cc3)CC2)cc1C. The lowest BCUT2D eigenvalue weighted by molar-refractivity contribution is -0.134. The van der Waals surface area contributed by atoms with Crippen LogP contribution in [0, 0.1) is 13.8 Å². The van der Waals surface area contributed by atoms with E-state index < -0.39 is 0 Å². The topological polar surface area (TPSA) is 58.6 Å². The van der Waals surface area contributed by atoms with E-state index in [2.05, 4.69) is 5.32 Å². The van der Waals surface area contributed by atoms with Gasteiger partial charge in [0.05, 0.1) is 0 Å². The molecule has 1 saturated heterocycles. The van der Waals surface area contributed by atoms with Crippen molar-refractivity contribution >= 4 is 23.4 Å². The molecule has 1 fully saturated rings. The molecule has 2 aromatic carbocycles. The number of carbonyl (C=O) groups excluding carboxylic acids is 2. The molecule has 0 saturated carbocycles. The molecule has 3 rings (SSSR count). The minimum absolute atomic E-state index is 0.0132. The van der Waals surface area contributed by atoms with Gasteiger partial charge < -0.3 is 15.0 Å². The molecule has 0 radical (unpaired) electrons. The highest BCUT2D eigenvalue weighted by molar-refractivity contribution is 6.30. The third-order valence-electron chi connectivity index (χ3n) is 5.61. The zero-order valence-corrected chi connectivity index (χ0v) is 18.4. The largest absolute Gasteiger partial charge is 0.484 e. The Kier molecular flexibility index (Phi) is 7.75. The Morgan fingerprint density at radius 3 is 2.43 bits per heavy atom. The molecule has 1 heterocycles. The van der Waals surface area contributed by atoms with Crippen LogP contribution < -0.4 is 10.1 Å². The van der Waals surface area contributed by atoms with E-state index in [4.69, 9.17) is 16.3 Å². The Bertz CT molecular complexity index is 875. The summed E-state index contributed by atoms with van der Waals surface area (Å²) >= 11 is 5.88. The molecule has 0 atom stereocenters. The van der Waals surface area contributed by atoms with E-state index in [0.717, 1.165) is 24.0 Å². The van der Waals surface area contributed by atoms with Crippen molar-refractivity contribution in [2.24, 2.45) is 0 Å². The molecule has 0 bridgehead atoms. The summed E-state index contributed by atoms with van der Waals surface area (Å²) < 4.78 is 5.66. The summed E-state index contributed by atoms with van der Waals surface area (Å²) in [5.74, 6) is 0.753. The first-order chi connectivity index (χ1) is 14.4. The van der Waals surface area contributed by atoms with Crippen molar-refractivity contribution in [1.82, 2.24) is 10.2 Å². The molecule has 1 aliphatic rings. The van der Waals surface area contributed by atoms with E-state index in [1.807, 2.05) is 61.2 Å². The van der Waals surface area contributed by atoms with E-state index in [1.54, 1.807) is 0 Å². The first-order valence-corrected chi connectivity index (χ1v) is 10.8. The molecule has 2 amide bonds. The average Bonchev–Trinajstić information content (AvgIpc) is 2.74. The fourth-order valence-electron chi connectivity index (χ4n) is 3.52. The number of nitrogens with zero attached hydrogens (tertiary/aromatic N) is 1. The summed E-state index contributed by atoms with van der Waals surface area (Å²) in [7, 11) is 0. The van der Waals surface area contributed by atoms with Gasteiger partial charge in [0.15, 0.2) is 6.61 Å². The Morgan fingerprint density at radius 1 is 1.07 bits per heavy atom. The van der Waals surface area contributed by atoms with Gasteiger partial charge in [0.25, 0.3) is 5.91 Å². The van der Waals surface area contributed by atoms with Gasteiger partial charge in [-0.15, -0.1) is 0 Å². The van der Waals surface area contributed by atoms with Crippen LogP contribution >= 0.6 is 11.6 Å². The minimum atomic E-state index is -0.0132. The smallest absolute Gasteiger partial charge is 0.260 e. The van der Waals surface area contributed by atoms with Gasteiger partial charge in [0.1, 0.15) is 5.75 Å². The molecule has 0 aliphatic carbocycles. The van der Waals surface area contributed by atoms with Crippen LogP contribution in [0.1, 0.15) is 36.0 Å². The number of likely N-dealkylation sites (tertiary alicyclic amines) is 1. The van der Waals surface area contributed by atoms with Gasteiger partial charge in [0, 0.05) is 30.6 Å². The molecular formula is C24H29ClN2O3. The highest BCUT2D eigenvalue weighted by Crippen LogP contribution is 2.17. The summed E-state index contributed by atoms with van der Waals surface area (Å²) in [4.78, 5) is 26.5. The number of hydrogen-bond acceptors (Lipinski definition) is 3. The number of benzene rings is 2. The molecule has 6 heteroatoms. The summed E-state index contributed by atoms with van der Waals surface area (Å²) in [6.07, 6.45) is 2.67. The van der Waals surface area contributed by atoms with E-state index in [-0.39, 0.29) is 24.5 Å². The standard InChI is InChI=1S/C24H29ClN2O3/c1-17-3-9-22(15-18(17)2)30-16-24(29)27-13-11-21(12-14-27)26-23(28)10-6-19-4-7-20(25)8-5-19/h3-5,7-9,15,21H,6,10-14,16H2,1-2H3,(H,26,28). The Labute approximate surface area is 183 Å². The second-order valence-electron chi connectivity index (χ2n) is 7.88. The van der Waals surface area contributed by atoms with Crippen molar-refractivity contribution in [3.05, 3.63) is 64.2 Å². The molecule has 1 N–H and O–H groups in total. The van der Waals surface area contributed by atoms with Crippen molar-refractivity contribution in [3.8, 4) is 5.75 Å². The predicted octanol–water partition coefficient (Wildman–Crippen LogP) is 4.08. The Morgan fingerprint density at radius 2 is 1.77 bits per heavy atom. The quantitative estimate of drug-likeness (QED) is 0.723. The van der Waals surface area contributed by atoms with Crippen LogP contribution in [0.3, 0.4) is 0 Å². The number of rotatable bonds is 7. The van der Waals surface area contributed by atoms with Crippen molar-refractivity contribution in [2.45, 2.75) is 45.6 Å². The lowest BCUT2D eigenvalue weighted by Crippen LogP contribution is -2.47. The van der Waals surface area contributed by atoms with Crippen LogP contribution in [0.5, 0.6) is 5.75 Å². The van der Waals surface area contributed by atoms with Crippen LogP contribution in [-0.4, -0.2) is 42.5 Å². The maximum atomic E-state index is 12.4. The number of piperidine rings is 1. The average molecular weight is 429 g/mol. The number of amides is 2. The van der Waals surface area contributed by atoms with E-state index in [1.165, 1.54) is 5.56 Å². The van der Waals surface area contributed by atoms with Gasteiger partial charge in [-0.25, -0.2) is 0 Å². The second kappa shape index (κ2) is 10.5. The molecular weight excluding hydrogens is 400 g/mol. The van der Waals surface area contributed by atoms with Crippen LogP contribution in [0.2, 0.25) is 5.02 Å². The van der Waals surface area contributed by atoms with Gasteiger partial charge in [-0.2, -0.15) is 0 Å². The number of nitrogens with one attached hydrogen (secondary N) is 1. The van der Waals surface area contributed by atoms with Crippen LogP contribution in [0.4, 0.5) is 0 Å². The lowest BCUT2D eigenvalue weighted by Gasteiger charge is -2.32. The monoisotopic (exact) mass is 428 g/mol. The highest BCUT2D eigenvalue weighted by Gasteiger charge is 2.24.